The molecule has 1 saturated carbocycles. The van der Waals surface area contributed by atoms with Gasteiger partial charge in [-0.15, -0.1) is 0 Å². The van der Waals surface area contributed by atoms with Crippen LogP contribution in [0.2, 0.25) is 0 Å². The first-order valence-electron chi connectivity index (χ1n) is 6.41. The van der Waals surface area contributed by atoms with Crippen LogP contribution in [0.3, 0.4) is 0 Å². The Morgan fingerprint density at radius 3 is 2.79 bits per heavy atom. The maximum absolute atomic E-state index is 13.4. The third-order valence-corrected chi connectivity index (χ3v) is 5.20. The molecule has 1 aliphatic carbocycles. The number of hydrogen-bond acceptors (Lipinski definition) is 1. The summed E-state index contributed by atoms with van der Waals surface area (Å²) >= 11 is 6.60. The minimum atomic E-state index is -0.410. The smallest absolute Gasteiger partial charge is 0.251 e. The van der Waals surface area contributed by atoms with Crippen LogP contribution >= 0.6 is 31.9 Å². The number of amides is 1. The zero-order valence-electron chi connectivity index (χ0n) is 10.5. The van der Waals surface area contributed by atoms with E-state index in [1.54, 1.807) is 12.1 Å². The summed E-state index contributed by atoms with van der Waals surface area (Å²) in [6, 6.07) is 4.44. The van der Waals surface area contributed by atoms with E-state index >= 15 is 0 Å². The highest BCUT2D eigenvalue weighted by atomic mass is 79.9. The number of alkyl halides is 1. The third-order valence-electron chi connectivity index (χ3n) is 3.72. The van der Waals surface area contributed by atoms with Crippen LogP contribution in [0.25, 0.3) is 0 Å². The quantitative estimate of drug-likeness (QED) is 0.767. The highest BCUT2D eigenvalue weighted by molar-refractivity contribution is 9.10. The lowest BCUT2D eigenvalue weighted by atomic mass is 9.98. The fourth-order valence-corrected chi connectivity index (χ4v) is 3.65. The van der Waals surface area contributed by atoms with E-state index in [0.29, 0.717) is 28.4 Å². The molecule has 1 aromatic carbocycles. The summed E-state index contributed by atoms with van der Waals surface area (Å²) < 4.78 is 13.7. The first-order chi connectivity index (χ1) is 9.11. The first kappa shape index (κ1) is 15.0. The maximum Gasteiger partial charge on any atom is 0.251 e. The van der Waals surface area contributed by atoms with Crippen molar-refractivity contribution in [2.75, 3.05) is 11.9 Å². The van der Waals surface area contributed by atoms with Crippen molar-refractivity contribution in [3.05, 3.63) is 34.1 Å². The number of rotatable bonds is 4. The van der Waals surface area contributed by atoms with Crippen LogP contribution in [0.1, 0.15) is 29.6 Å². The summed E-state index contributed by atoms with van der Waals surface area (Å²) in [6.45, 7) is 0.673. The zero-order valence-corrected chi connectivity index (χ0v) is 13.6. The van der Waals surface area contributed by atoms with Gasteiger partial charge in [0.2, 0.25) is 0 Å². The number of halogens is 3. The third kappa shape index (κ3) is 3.78. The Hall–Kier alpha value is -0.420. The molecule has 1 amide bonds. The lowest BCUT2D eigenvalue weighted by molar-refractivity contribution is 0.0944. The minimum Gasteiger partial charge on any atom is -0.352 e. The molecule has 1 aliphatic rings. The normalized spacial score (nSPS) is 22.5. The van der Waals surface area contributed by atoms with Gasteiger partial charge >= 0.3 is 0 Å². The SMILES string of the molecule is O=C(NCC1CCCC1CBr)c1ccc(Br)c(F)c1. The molecule has 2 unspecified atom stereocenters. The first-order valence-corrected chi connectivity index (χ1v) is 8.32. The van der Waals surface area contributed by atoms with E-state index < -0.39 is 5.82 Å². The monoisotopic (exact) mass is 391 g/mol. The molecule has 5 heteroatoms. The van der Waals surface area contributed by atoms with E-state index in [1.165, 1.54) is 18.9 Å². The second-order valence-corrected chi connectivity index (χ2v) is 6.45. The molecule has 0 aromatic heterocycles. The number of carbonyl (C=O) groups is 1. The molecule has 1 fully saturated rings. The van der Waals surface area contributed by atoms with Crippen molar-refractivity contribution in [3.63, 3.8) is 0 Å². The lowest BCUT2D eigenvalue weighted by Crippen LogP contribution is -2.31. The van der Waals surface area contributed by atoms with Gasteiger partial charge in [-0.3, -0.25) is 4.79 Å². The largest absolute Gasteiger partial charge is 0.352 e. The van der Waals surface area contributed by atoms with Gasteiger partial charge < -0.3 is 5.32 Å². The van der Waals surface area contributed by atoms with Crippen molar-refractivity contribution in [3.8, 4) is 0 Å². The number of nitrogens with one attached hydrogen (secondary N) is 1. The van der Waals surface area contributed by atoms with E-state index in [4.69, 9.17) is 0 Å². The predicted molar refractivity (Wildman–Crippen MR) is 81.1 cm³/mol. The molecule has 1 N–H and O–H groups in total. The molecular formula is C14H16Br2FNO. The van der Waals surface area contributed by atoms with E-state index in [1.807, 2.05) is 0 Å². The van der Waals surface area contributed by atoms with Gasteiger partial charge in [-0.05, 0) is 58.8 Å². The average molecular weight is 393 g/mol. The predicted octanol–water partition coefficient (Wildman–Crippen LogP) is 4.13. The Morgan fingerprint density at radius 2 is 2.11 bits per heavy atom. The van der Waals surface area contributed by atoms with Gasteiger partial charge in [0.05, 0.1) is 4.47 Å². The summed E-state index contributed by atoms with van der Waals surface area (Å²) in [4.78, 5) is 12.0. The standard InChI is InChI=1S/C14H16Br2FNO/c15-7-10-2-1-3-11(10)8-18-14(19)9-4-5-12(16)13(17)6-9/h4-6,10-11H,1-3,7-8H2,(H,18,19). The fraction of sp³-hybridized carbons (Fsp3) is 0.500. The zero-order chi connectivity index (χ0) is 13.8. The van der Waals surface area contributed by atoms with Crippen molar-refractivity contribution in [1.82, 2.24) is 5.32 Å². The summed E-state index contributed by atoms with van der Waals surface area (Å²) in [5.74, 6) is 0.559. The average Bonchev–Trinajstić information content (AvgIpc) is 2.86. The van der Waals surface area contributed by atoms with Gasteiger partial charge in [-0.1, -0.05) is 22.4 Å². The van der Waals surface area contributed by atoms with E-state index in [2.05, 4.69) is 37.2 Å². The Balaban J connectivity index is 1.92. The van der Waals surface area contributed by atoms with Crippen molar-refractivity contribution >= 4 is 37.8 Å². The van der Waals surface area contributed by atoms with Gasteiger partial charge in [0, 0.05) is 17.4 Å². The van der Waals surface area contributed by atoms with Crippen LogP contribution < -0.4 is 5.32 Å². The second kappa shape index (κ2) is 6.84. The van der Waals surface area contributed by atoms with Crippen molar-refractivity contribution in [1.29, 1.82) is 0 Å². The van der Waals surface area contributed by atoms with Crippen LogP contribution in [0, 0.1) is 17.7 Å². The Morgan fingerprint density at radius 1 is 1.37 bits per heavy atom. The van der Waals surface area contributed by atoms with E-state index in [-0.39, 0.29) is 5.91 Å². The lowest BCUT2D eigenvalue weighted by Gasteiger charge is -2.17. The highest BCUT2D eigenvalue weighted by Crippen LogP contribution is 2.32. The van der Waals surface area contributed by atoms with Crippen LogP contribution in [0.5, 0.6) is 0 Å². The number of benzene rings is 1. The summed E-state index contributed by atoms with van der Waals surface area (Å²) in [5.41, 5.74) is 0.370. The topological polar surface area (TPSA) is 29.1 Å². The molecule has 0 radical (unpaired) electrons. The Kier molecular flexibility index (Phi) is 5.39. The van der Waals surface area contributed by atoms with Crippen LogP contribution in [-0.2, 0) is 0 Å². The molecule has 0 aliphatic heterocycles. The molecule has 0 saturated heterocycles. The van der Waals surface area contributed by atoms with Gasteiger partial charge in [0.1, 0.15) is 5.82 Å². The Labute approximate surface area is 129 Å². The minimum absolute atomic E-state index is 0.202. The second-order valence-electron chi connectivity index (χ2n) is 4.94. The molecule has 0 bridgehead atoms. The molecule has 2 nitrogen and oxygen atoms in total. The van der Waals surface area contributed by atoms with Gasteiger partial charge in [-0.2, -0.15) is 0 Å². The molecule has 2 atom stereocenters. The molecule has 104 valence electrons. The molecule has 19 heavy (non-hydrogen) atoms. The summed E-state index contributed by atoms with van der Waals surface area (Å²) in [7, 11) is 0. The number of carbonyl (C=O) groups excluding carboxylic acids is 1. The molecular weight excluding hydrogens is 377 g/mol. The van der Waals surface area contributed by atoms with Gasteiger partial charge in [0.25, 0.3) is 5.91 Å². The Bertz CT molecular complexity index is 467. The van der Waals surface area contributed by atoms with Crippen LogP contribution in [0.15, 0.2) is 22.7 Å². The van der Waals surface area contributed by atoms with Crippen molar-refractivity contribution < 1.29 is 9.18 Å². The van der Waals surface area contributed by atoms with Gasteiger partial charge in [0.15, 0.2) is 0 Å². The van der Waals surface area contributed by atoms with Gasteiger partial charge in [-0.25, -0.2) is 4.39 Å². The summed E-state index contributed by atoms with van der Waals surface area (Å²) in [5, 5.41) is 3.90. The fourth-order valence-electron chi connectivity index (χ4n) is 2.55. The van der Waals surface area contributed by atoms with Crippen LogP contribution in [0.4, 0.5) is 4.39 Å². The van der Waals surface area contributed by atoms with E-state index in [9.17, 15) is 9.18 Å². The van der Waals surface area contributed by atoms with E-state index in [0.717, 1.165) is 11.8 Å². The molecule has 0 heterocycles. The molecule has 2 rings (SSSR count). The maximum atomic E-state index is 13.4. The summed E-state index contributed by atoms with van der Waals surface area (Å²) in [6.07, 6.45) is 3.60. The highest BCUT2D eigenvalue weighted by Gasteiger charge is 2.26. The molecule has 0 spiro atoms. The molecule has 1 aromatic rings. The number of hydrogen-bond donors (Lipinski definition) is 1. The van der Waals surface area contributed by atoms with Crippen LogP contribution in [-0.4, -0.2) is 17.8 Å². The van der Waals surface area contributed by atoms with Crippen molar-refractivity contribution in [2.24, 2.45) is 11.8 Å². The van der Waals surface area contributed by atoms with Crippen molar-refractivity contribution in [2.45, 2.75) is 19.3 Å².